The number of carbonyl (C=O) groups is 1. The molecule has 0 heterocycles. The summed E-state index contributed by atoms with van der Waals surface area (Å²) in [5.41, 5.74) is 3.98. The number of alkyl halides is 3. The van der Waals surface area contributed by atoms with Crippen molar-refractivity contribution in [1.82, 2.24) is 0 Å². The van der Waals surface area contributed by atoms with Crippen LogP contribution in [-0.4, -0.2) is 12.6 Å². The second kappa shape index (κ2) is 5.45. The highest BCUT2D eigenvalue weighted by molar-refractivity contribution is 5.89. The van der Waals surface area contributed by atoms with Gasteiger partial charge in [0.25, 0.3) is 0 Å². The van der Waals surface area contributed by atoms with Crippen LogP contribution in [0.1, 0.15) is 18.1 Å². The molecular formula is C12H10F3NO2. The van der Waals surface area contributed by atoms with Crippen LogP contribution in [-0.2, 0) is 15.7 Å². The van der Waals surface area contributed by atoms with Gasteiger partial charge in [0.15, 0.2) is 0 Å². The molecule has 0 aliphatic rings. The number of esters is 1. The number of benzene rings is 1. The Balaban J connectivity index is 3.13. The van der Waals surface area contributed by atoms with Crippen molar-refractivity contribution in [3.63, 3.8) is 0 Å². The third-order valence-corrected chi connectivity index (χ3v) is 1.92. The smallest absolute Gasteiger partial charge is 0.417 e. The van der Waals surface area contributed by atoms with E-state index < -0.39 is 17.7 Å². The first-order chi connectivity index (χ1) is 8.34. The highest BCUT2D eigenvalue weighted by Crippen LogP contribution is 2.32. The molecule has 18 heavy (non-hydrogen) atoms. The maximum atomic E-state index is 12.7. The summed E-state index contributed by atoms with van der Waals surface area (Å²) in [6.07, 6.45) is -4.58. The number of ether oxygens (including phenoxy) is 1. The van der Waals surface area contributed by atoms with Crippen molar-refractivity contribution in [2.45, 2.75) is 13.1 Å². The van der Waals surface area contributed by atoms with Crippen molar-refractivity contribution >= 4 is 11.7 Å². The van der Waals surface area contributed by atoms with E-state index in [9.17, 15) is 18.0 Å². The van der Waals surface area contributed by atoms with Crippen LogP contribution < -0.4 is 5.73 Å². The summed E-state index contributed by atoms with van der Waals surface area (Å²) < 4.78 is 42.5. The molecule has 3 nitrogen and oxygen atoms in total. The molecular weight excluding hydrogens is 247 g/mol. The van der Waals surface area contributed by atoms with Gasteiger partial charge >= 0.3 is 12.1 Å². The molecule has 6 heteroatoms. The van der Waals surface area contributed by atoms with Gasteiger partial charge in [-0.2, -0.15) is 13.2 Å². The van der Waals surface area contributed by atoms with Crippen LogP contribution in [0.25, 0.3) is 0 Å². The summed E-state index contributed by atoms with van der Waals surface area (Å²) in [5.74, 6) is 3.24. The van der Waals surface area contributed by atoms with E-state index in [0.29, 0.717) is 0 Å². The molecule has 0 spiro atoms. The summed E-state index contributed by atoms with van der Waals surface area (Å²) in [6, 6.07) is 3.17. The maximum Gasteiger partial charge on any atom is 0.417 e. The third-order valence-electron chi connectivity index (χ3n) is 1.92. The van der Waals surface area contributed by atoms with Gasteiger partial charge in [0.1, 0.15) is 0 Å². The summed E-state index contributed by atoms with van der Waals surface area (Å²) in [4.78, 5) is 10.9. The second-order valence-electron chi connectivity index (χ2n) is 3.27. The zero-order valence-electron chi connectivity index (χ0n) is 9.47. The Labute approximate surface area is 102 Å². The predicted octanol–water partition coefficient (Wildman–Crippen LogP) is 2.20. The van der Waals surface area contributed by atoms with Gasteiger partial charge in [-0.15, -0.1) is 0 Å². The van der Waals surface area contributed by atoms with Crippen molar-refractivity contribution in [2.75, 3.05) is 12.3 Å². The topological polar surface area (TPSA) is 52.3 Å². The molecule has 0 saturated heterocycles. The Morgan fingerprint density at radius 2 is 2.11 bits per heavy atom. The Morgan fingerprint density at radius 1 is 1.44 bits per heavy atom. The van der Waals surface area contributed by atoms with Crippen molar-refractivity contribution in [3.05, 3.63) is 29.3 Å². The number of nitrogen functional groups attached to an aromatic ring is 1. The lowest BCUT2D eigenvalue weighted by Crippen LogP contribution is -2.09. The van der Waals surface area contributed by atoms with Gasteiger partial charge in [-0.25, -0.2) is 4.79 Å². The number of hydrogen-bond acceptors (Lipinski definition) is 3. The summed E-state index contributed by atoms with van der Waals surface area (Å²) in [6.45, 7) is 1.69. The number of nitrogens with two attached hydrogens (primary N) is 1. The molecule has 0 aliphatic carbocycles. The van der Waals surface area contributed by atoms with E-state index in [0.717, 1.165) is 12.1 Å². The van der Waals surface area contributed by atoms with Crippen LogP contribution in [0, 0.1) is 11.8 Å². The molecule has 0 bridgehead atoms. The summed E-state index contributed by atoms with van der Waals surface area (Å²) in [7, 11) is 0. The molecule has 0 aliphatic heterocycles. The molecule has 1 aromatic carbocycles. The molecule has 1 aromatic rings. The molecule has 0 fully saturated rings. The zero-order chi connectivity index (χ0) is 13.8. The molecule has 1 rings (SSSR count). The molecule has 96 valence electrons. The van der Waals surface area contributed by atoms with Crippen molar-refractivity contribution < 1.29 is 22.7 Å². The first-order valence-corrected chi connectivity index (χ1v) is 5.00. The molecule has 0 saturated carbocycles. The first kappa shape index (κ1) is 13.9. The van der Waals surface area contributed by atoms with E-state index in [-0.39, 0.29) is 17.9 Å². The Morgan fingerprint density at radius 3 is 2.67 bits per heavy atom. The van der Waals surface area contributed by atoms with E-state index in [2.05, 4.69) is 10.7 Å². The highest BCUT2D eigenvalue weighted by atomic mass is 19.4. The number of rotatable bonds is 1. The zero-order valence-corrected chi connectivity index (χ0v) is 9.47. The molecule has 0 radical (unpaired) electrons. The average Bonchev–Trinajstić information content (AvgIpc) is 2.26. The standard InChI is InChI=1S/C12H10F3NO2/c1-2-18-11(17)6-4-8-3-5-9(16)7-10(8)12(13,14)15/h3,5,7H,2,16H2,1H3. The van der Waals surface area contributed by atoms with Crippen molar-refractivity contribution in [1.29, 1.82) is 0 Å². The van der Waals surface area contributed by atoms with Crippen LogP contribution in [0.4, 0.5) is 18.9 Å². The number of hydrogen-bond donors (Lipinski definition) is 1. The number of halogens is 3. The fourth-order valence-electron chi connectivity index (χ4n) is 1.19. The van der Waals surface area contributed by atoms with E-state index >= 15 is 0 Å². The minimum absolute atomic E-state index is 0.0241. The van der Waals surface area contributed by atoms with E-state index in [4.69, 9.17) is 5.73 Å². The Bertz CT molecular complexity index is 512. The molecule has 0 amide bonds. The average molecular weight is 257 g/mol. The quantitative estimate of drug-likeness (QED) is 0.476. The second-order valence-corrected chi connectivity index (χ2v) is 3.27. The summed E-state index contributed by atoms with van der Waals surface area (Å²) in [5, 5.41) is 0. The predicted molar refractivity (Wildman–Crippen MR) is 59.4 cm³/mol. The van der Waals surface area contributed by atoms with Gasteiger partial charge in [0, 0.05) is 17.2 Å². The minimum atomic E-state index is -4.58. The van der Waals surface area contributed by atoms with Crippen LogP contribution in [0.2, 0.25) is 0 Å². The highest BCUT2D eigenvalue weighted by Gasteiger charge is 2.33. The molecule has 0 unspecified atom stereocenters. The SMILES string of the molecule is CCOC(=O)C#Cc1ccc(N)cc1C(F)(F)F. The normalized spacial score (nSPS) is 10.4. The molecule has 0 atom stereocenters. The lowest BCUT2D eigenvalue weighted by atomic mass is 10.1. The number of carbonyl (C=O) groups excluding carboxylic acids is 1. The van der Waals surface area contributed by atoms with Gasteiger partial charge < -0.3 is 10.5 Å². The molecule has 2 N–H and O–H groups in total. The van der Waals surface area contributed by atoms with Crippen LogP contribution in [0.5, 0.6) is 0 Å². The largest absolute Gasteiger partial charge is 0.456 e. The van der Waals surface area contributed by atoms with E-state index in [1.54, 1.807) is 6.92 Å². The van der Waals surface area contributed by atoms with Gasteiger partial charge in [0.05, 0.1) is 12.2 Å². The van der Waals surface area contributed by atoms with Gasteiger partial charge in [-0.1, -0.05) is 5.92 Å². The van der Waals surface area contributed by atoms with Crippen LogP contribution in [0.15, 0.2) is 18.2 Å². The first-order valence-electron chi connectivity index (χ1n) is 5.00. The van der Waals surface area contributed by atoms with E-state index in [1.807, 2.05) is 5.92 Å². The van der Waals surface area contributed by atoms with Gasteiger partial charge in [-0.05, 0) is 25.1 Å². The van der Waals surface area contributed by atoms with Crippen LogP contribution >= 0.6 is 0 Å². The fourth-order valence-corrected chi connectivity index (χ4v) is 1.19. The lowest BCUT2D eigenvalue weighted by Gasteiger charge is -2.09. The lowest BCUT2D eigenvalue weighted by molar-refractivity contribution is -0.138. The fraction of sp³-hybridized carbons (Fsp3) is 0.250. The van der Waals surface area contributed by atoms with Crippen molar-refractivity contribution in [2.24, 2.45) is 0 Å². The summed E-state index contributed by atoms with van der Waals surface area (Å²) >= 11 is 0. The van der Waals surface area contributed by atoms with Gasteiger partial charge in [0.2, 0.25) is 0 Å². The maximum absolute atomic E-state index is 12.7. The Hall–Kier alpha value is -2.16. The third kappa shape index (κ3) is 3.70. The number of anilines is 1. The van der Waals surface area contributed by atoms with Crippen molar-refractivity contribution in [3.8, 4) is 11.8 Å². The van der Waals surface area contributed by atoms with Crippen LogP contribution in [0.3, 0.4) is 0 Å². The minimum Gasteiger partial charge on any atom is -0.456 e. The van der Waals surface area contributed by atoms with Gasteiger partial charge in [-0.3, -0.25) is 0 Å². The Kier molecular flexibility index (Phi) is 4.21. The van der Waals surface area contributed by atoms with E-state index in [1.165, 1.54) is 6.07 Å². The monoisotopic (exact) mass is 257 g/mol. The molecule has 0 aromatic heterocycles.